The molecule has 0 radical (unpaired) electrons. The lowest BCUT2D eigenvalue weighted by Crippen LogP contribution is -2.39. The zero-order valence-corrected chi connectivity index (χ0v) is 14.4. The standard InChI is InChI=1S/C18H18N2OS2/c21-17(10-13-7-9-22-12-13)20-8-3-4-14(11-20)18-19-15-5-1-2-6-16(15)23-18/h1-2,5-7,9,12,14H,3-4,8,10-11H2/t14-/m1/s1. The summed E-state index contributed by atoms with van der Waals surface area (Å²) < 4.78 is 1.24. The van der Waals surface area contributed by atoms with Crippen LogP contribution in [0.1, 0.15) is 29.3 Å². The molecular formula is C18H18N2OS2. The first-order valence-electron chi connectivity index (χ1n) is 7.94. The molecule has 1 aromatic carbocycles. The third kappa shape index (κ3) is 3.16. The van der Waals surface area contributed by atoms with Gasteiger partial charge in [0.2, 0.25) is 5.91 Å². The van der Waals surface area contributed by atoms with Crippen LogP contribution in [0.3, 0.4) is 0 Å². The van der Waals surface area contributed by atoms with E-state index in [0.29, 0.717) is 12.3 Å². The molecule has 0 N–H and O–H groups in total. The molecule has 1 saturated heterocycles. The number of nitrogens with zero attached hydrogens (tertiary/aromatic N) is 2. The topological polar surface area (TPSA) is 33.2 Å². The smallest absolute Gasteiger partial charge is 0.227 e. The number of para-hydroxylation sites is 1. The van der Waals surface area contributed by atoms with Crippen molar-refractivity contribution in [2.24, 2.45) is 0 Å². The number of hydrogen-bond donors (Lipinski definition) is 0. The fraction of sp³-hybridized carbons (Fsp3) is 0.333. The van der Waals surface area contributed by atoms with Gasteiger partial charge in [-0.3, -0.25) is 4.79 Å². The first-order valence-corrected chi connectivity index (χ1v) is 9.70. The molecule has 0 aliphatic carbocycles. The van der Waals surface area contributed by atoms with Crippen molar-refractivity contribution in [3.05, 3.63) is 51.7 Å². The first-order chi connectivity index (χ1) is 11.3. The molecular weight excluding hydrogens is 324 g/mol. The van der Waals surface area contributed by atoms with Crippen LogP contribution in [0.15, 0.2) is 41.1 Å². The average Bonchev–Trinajstić information content (AvgIpc) is 3.24. The summed E-state index contributed by atoms with van der Waals surface area (Å²) in [5.74, 6) is 0.627. The molecule has 0 saturated carbocycles. The number of hydrogen-bond acceptors (Lipinski definition) is 4. The minimum Gasteiger partial charge on any atom is -0.342 e. The van der Waals surface area contributed by atoms with Crippen LogP contribution in [0.2, 0.25) is 0 Å². The summed E-state index contributed by atoms with van der Waals surface area (Å²) >= 11 is 3.42. The Kier molecular flexibility index (Phi) is 4.14. The number of rotatable bonds is 3. The molecule has 118 valence electrons. The summed E-state index contributed by atoms with van der Waals surface area (Å²) in [6.45, 7) is 1.69. The zero-order chi connectivity index (χ0) is 15.6. The van der Waals surface area contributed by atoms with Crippen molar-refractivity contribution in [1.82, 2.24) is 9.88 Å². The third-order valence-electron chi connectivity index (χ3n) is 4.37. The molecule has 0 unspecified atom stereocenters. The molecule has 2 aromatic heterocycles. The van der Waals surface area contributed by atoms with Crippen molar-refractivity contribution in [3.8, 4) is 0 Å². The van der Waals surface area contributed by atoms with Gasteiger partial charge in [-0.1, -0.05) is 12.1 Å². The minimum absolute atomic E-state index is 0.245. The van der Waals surface area contributed by atoms with E-state index in [1.807, 2.05) is 22.4 Å². The van der Waals surface area contributed by atoms with E-state index in [1.165, 1.54) is 9.71 Å². The Morgan fingerprint density at radius 1 is 1.30 bits per heavy atom. The molecule has 1 aliphatic rings. The highest BCUT2D eigenvalue weighted by atomic mass is 32.1. The van der Waals surface area contributed by atoms with E-state index in [0.717, 1.165) is 37.0 Å². The van der Waals surface area contributed by atoms with Crippen LogP contribution >= 0.6 is 22.7 Å². The Balaban J connectivity index is 1.49. The number of carbonyl (C=O) groups is 1. The van der Waals surface area contributed by atoms with Gasteiger partial charge in [-0.2, -0.15) is 11.3 Å². The number of piperidine rings is 1. The lowest BCUT2D eigenvalue weighted by atomic mass is 9.98. The summed E-state index contributed by atoms with van der Waals surface area (Å²) in [5.41, 5.74) is 2.20. The summed E-state index contributed by atoms with van der Waals surface area (Å²) in [6.07, 6.45) is 2.72. The van der Waals surface area contributed by atoms with Gasteiger partial charge in [-0.15, -0.1) is 11.3 Å². The maximum absolute atomic E-state index is 12.5. The SMILES string of the molecule is O=C(Cc1ccsc1)N1CCC[C@@H](c2nc3ccccc3s2)C1. The number of thiophene rings is 1. The van der Waals surface area contributed by atoms with Gasteiger partial charge in [0.15, 0.2) is 0 Å². The number of thiazole rings is 1. The van der Waals surface area contributed by atoms with Crippen LogP contribution < -0.4 is 0 Å². The molecule has 1 atom stereocenters. The summed E-state index contributed by atoms with van der Waals surface area (Å²) in [7, 11) is 0. The van der Waals surface area contributed by atoms with E-state index in [-0.39, 0.29) is 5.91 Å². The zero-order valence-electron chi connectivity index (χ0n) is 12.8. The Morgan fingerprint density at radius 3 is 3.04 bits per heavy atom. The number of benzene rings is 1. The predicted octanol–water partition coefficient (Wildman–Crippen LogP) is 4.31. The van der Waals surface area contributed by atoms with Gasteiger partial charge >= 0.3 is 0 Å². The van der Waals surface area contributed by atoms with E-state index < -0.39 is 0 Å². The number of likely N-dealkylation sites (tertiary alicyclic amines) is 1. The number of aromatic nitrogens is 1. The Hall–Kier alpha value is -1.72. The van der Waals surface area contributed by atoms with Gasteiger partial charge in [-0.05, 0) is 47.4 Å². The van der Waals surface area contributed by atoms with Crippen molar-refractivity contribution in [2.45, 2.75) is 25.2 Å². The monoisotopic (exact) mass is 342 g/mol. The Morgan fingerprint density at radius 2 is 2.22 bits per heavy atom. The number of amides is 1. The molecule has 0 spiro atoms. The second-order valence-electron chi connectivity index (χ2n) is 6.01. The Labute approximate surface area is 143 Å². The van der Waals surface area contributed by atoms with Gasteiger partial charge in [0.25, 0.3) is 0 Å². The van der Waals surface area contributed by atoms with Crippen molar-refractivity contribution >= 4 is 38.8 Å². The van der Waals surface area contributed by atoms with Gasteiger partial charge in [0.05, 0.1) is 21.6 Å². The maximum atomic E-state index is 12.5. The van der Waals surface area contributed by atoms with Crippen molar-refractivity contribution in [1.29, 1.82) is 0 Å². The predicted molar refractivity (Wildman–Crippen MR) is 96.2 cm³/mol. The van der Waals surface area contributed by atoms with E-state index in [4.69, 9.17) is 4.98 Å². The van der Waals surface area contributed by atoms with Gasteiger partial charge in [0, 0.05) is 19.0 Å². The van der Waals surface area contributed by atoms with E-state index in [2.05, 4.69) is 23.6 Å². The molecule has 1 fully saturated rings. The quantitative estimate of drug-likeness (QED) is 0.711. The molecule has 0 bridgehead atoms. The van der Waals surface area contributed by atoms with Crippen molar-refractivity contribution in [3.63, 3.8) is 0 Å². The van der Waals surface area contributed by atoms with Crippen LogP contribution in [0.4, 0.5) is 0 Å². The van der Waals surface area contributed by atoms with Crippen molar-refractivity contribution in [2.75, 3.05) is 13.1 Å². The highest BCUT2D eigenvalue weighted by Crippen LogP contribution is 2.33. The highest BCUT2D eigenvalue weighted by molar-refractivity contribution is 7.18. The lowest BCUT2D eigenvalue weighted by molar-refractivity contribution is -0.131. The average molecular weight is 342 g/mol. The maximum Gasteiger partial charge on any atom is 0.227 e. The van der Waals surface area contributed by atoms with Crippen LogP contribution in [-0.4, -0.2) is 28.9 Å². The summed E-state index contributed by atoms with van der Waals surface area (Å²) in [5, 5.41) is 5.27. The van der Waals surface area contributed by atoms with E-state index in [9.17, 15) is 4.79 Å². The summed E-state index contributed by atoms with van der Waals surface area (Å²) in [6, 6.07) is 10.3. The van der Waals surface area contributed by atoms with Crippen LogP contribution in [0.5, 0.6) is 0 Å². The second-order valence-corrected chi connectivity index (χ2v) is 7.85. The molecule has 3 heterocycles. The van der Waals surface area contributed by atoms with Gasteiger partial charge in [-0.25, -0.2) is 4.98 Å². The molecule has 3 aromatic rings. The number of carbonyl (C=O) groups excluding carboxylic acids is 1. The molecule has 1 aliphatic heterocycles. The van der Waals surface area contributed by atoms with Crippen LogP contribution in [0, 0.1) is 0 Å². The molecule has 23 heavy (non-hydrogen) atoms. The lowest BCUT2D eigenvalue weighted by Gasteiger charge is -2.31. The second kappa shape index (κ2) is 6.42. The van der Waals surface area contributed by atoms with Gasteiger partial charge < -0.3 is 4.90 Å². The van der Waals surface area contributed by atoms with E-state index in [1.54, 1.807) is 22.7 Å². The normalized spacial score (nSPS) is 18.4. The number of fused-ring (bicyclic) bond motifs is 1. The molecule has 5 heteroatoms. The van der Waals surface area contributed by atoms with Gasteiger partial charge in [0.1, 0.15) is 0 Å². The van der Waals surface area contributed by atoms with E-state index >= 15 is 0 Å². The van der Waals surface area contributed by atoms with Crippen molar-refractivity contribution < 1.29 is 4.79 Å². The molecule has 4 rings (SSSR count). The first kappa shape index (κ1) is 14.8. The molecule has 1 amide bonds. The largest absolute Gasteiger partial charge is 0.342 e. The molecule has 3 nitrogen and oxygen atoms in total. The minimum atomic E-state index is 0.245. The third-order valence-corrected chi connectivity index (χ3v) is 6.30. The summed E-state index contributed by atoms with van der Waals surface area (Å²) in [4.78, 5) is 19.3. The Bertz CT molecular complexity index is 776. The fourth-order valence-electron chi connectivity index (χ4n) is 3.15. The van der Waals surface area contributed by atoms with Crippen LogP contribution in [0.25, 0.3) is 10.2 Å². The highest BCUT2D eigenvalue weighted by Gasteiger charge is 2.26. The van der Waals surface area contributed by atoms with Crippen LogP contribution in [-0.2, 0) is 11.2 Å². The fourth-order valence-corrected chi connectivity index (χ4v) is 4.91.